The zero-order valence-electron chi connectivity index (χ0n) is 16.3. The number of para-hydroxylation sites is 2. The Bertz CT molecular complexity index is 1060. The van der Waals surface area contributed by atoms with Crippen LogP contribution in [0.15, 0.2) is 42.5 Å². The Balaban J connectivity index is 1.44. The summed E-state index contributed by atoms with van der Waals surface area (Å²) in [5.74, 6) is 2.33. The third kappa shape index (κ3) is 3.42. The molecule has 7 heteroatoms. The molecule has 0 spiro atoms. The fourth-order valence-corrected chi connectivity index (χ4v) is 3.97. The molecule has 1 amide bonds. The van der Waals surface area contributed by atoms with E-state index in [4.69, 9.17) is 19.2 Å². The van der Waals surface area contributed by atoms with E-state index >= 15 is 0 Å². The fraction of sp³-hybridized carbons (Fsp3) is 0.364. The summed E-state index contributed by atoms with van der Waals surface area (Å²) in [6.07, 6.45) is 0.763. The van der Waals surface area contributed by atoms with Crippen LogP contribution in [-0.2, 0) is 29.7 Å². The van der Waals surface area contributed by atoms with Crippen molar-refractivity contribution in [2.45, 2.75) is 19.5 Å². The Kier molecular flexibility index (Phi) is 4.60. The number of aromatic nitrogens is 2. The normalized spacial score (nSPS) is 17.8. The van der Waals surface area contributed by atoms with Crippen molar-refractivity contribution in [1.82, 2.24) is 14.5 Å². The van der Waals surface area contributed by atoms with Gasteiger partial charge in [-0.15, -0.1) is 0 Å². The highest BCUT2D eigenvalue weighted by atomic mass is 16.7. The van der Waals surface area contributed by atoms with Gasteiger partial charge in [-0.2, -0.15) is 0 Å². The summed E-state index contributed by atoms with van der Waals surface area (Å²) in [6, 6.07) is 13.8. The summed E-state index contributed by atoms with van der Waals surface area (Å²) in [5, 5.41) is 0. The van der Waals surface area contributed by atoms with Crippen molar-refractivity contribution in [3.05, 3.63) is 53.9 Å². The van der Waals surface area contributed by atoms with Crippen LogP contribution in [0.25, 0.3) is 11.0 Å². The summed E-state index contributed by atoms with van der Waals surface area (Å²) in [6.45, 7) is 2.28. The largest absolute Gasteiger partial charge is 0.454 e. The number of nitrogens with zero attached hydrogens (tertiary/aromatic N) is 3. The van der Waals surface area contributed by atoms with Crippen molar-refractivity contribution < 1.29 is 19.0 Å². The molecule has 1 fully saturated rings. The minimum Gasteiger partial charge on any atom is -0.454 e. The molecule has 5 rings (SSSR count). The standard InChI is InChI=1S/C22H23N3O4/c1-24-18-5-3-2-4-17(18)23-21(24)12-25(22(26)16-8-9-27-13-16)11-15-6-7-19-20(10-15)29-14-28-19/h2-7,10,16H,8-9,11-14H2,1H3/t16-/m1/s1. The molecular weight excluding hydrogens is 370 g/mol. The Morgan fingerprint density at radius 1 is 1.17 bits per heavy atom. The third-order valence-electron chi connectivity index (χ3n) is 5.61. The van der Waals surface area contributed by atoms with Crippen LogP contribution < -0.4 is 9.47 Å². The monoisotopic (exact) mass is 393 g/mol. The molecule has 29 heavy (non-hydrogen) atoms. The summed E-state index contributed by atoms with van der Waals surface area (Å²) >= 11 is 0. The maximum Gasteiger partial charge on any atom is 0.231 e. The Morgan fingerprint density at radius 3 is 2.86 bits per heavy atom. The van der Waals surface area contributed by atoms with Gasteiger partial charge < -0.3 is 23.7 Å². The van der Waals surface area contributed by atoms with Gasteiger partial charge in [0.25, 0.3) is 0 Å². The van der Waals surface area contributed by atoms with E-state index in [2.05, 4.69) is 4.57 Å². The van der Waals surface area contributed by atoms with Crippen LogP contribution in [0.1, 0.15) is 17.8 Å². The van der Waals surface area contributed by atoms with E-state index in [0.29, 0.717) is 26.3 Å². The number of imidazole rings is 1. The van der Waals surface area contributed by atoms with Crippen LogP contribution >= 0.6 is 0 Å². The summed E-state index contributed by atoms with van der Waals surface area (Å²) < 4.78 is 18.4. The number of hydrogen-bond donors (Lipinski definition) is 0. The first-order chi connectivity index (χ1) is 14.2. The predicted molar refractivity (Wildman–Crippen MR) is 106 cm³/mol. The van der Waals surface area contributed by atoms with E-state index in [1.54, 1.807) is 0 Å². The Hall–Kier alpha value is -3.06. The van der Waals surface area contributed by atoms with E-state index in [9.17, 15) is 4.79 Å². The Labute approximate surface area is 168 Å². The molecule has 0 saturated carbocycles. The van der Waals surface area contributed by atoms with Gasteiger partial charge in [0.1, 0.15) is 5.82 Å². The van der Waals surface area contributed by atoms with E-state index in [-0.39, 0.29) is 18.6 Å². The summed E-state index contributed by atoms with van der Waals surface area (Å²) in [4.78, 5) is 19.9. The number of carbonyl (C=O) groups excluding carboxylic acids is 1. The number of amides is 1. The highest BCUT2D eigenvalue weighted by molar-refractivity contribution is 5.80. The zero-order valence-corrected chi connectivity index (χ0v) is 16.3. The highest BCUT2D eigenvalue weighted by Gasteiger charge is 2.29. The molecule has 150 valence electrons. The number of benzene rings is 2. The van der Waals surface area contributed by atoms with Crippen LogP contribution in [0.4, 0.5) is 0 Å². The first-order valence-electron chi connectivity index (χ1n) is 9.84. The van der Waals surface area contributed by atoms with E-state index in [0.717, 1.165) is 40.3 Å². The van der Waals surface area contributed by atoms with Gasteiger partial charge in [-0.25, -0.2) is 4.98 Å². The lowest BCUT2D eigenvalue weighted by Gasteiger charge is -2.25. The molecule has 0 unspecified atom stereocenters. The number of rotatable bonds is 5. The predicted octanol–water partition coefficient (Wildman–Crippen LogP) is 2.87. The maximum absolute atomic E-state index is 13.3. The number of aryl methyl sites for hydroxylation is 1. The summed E-state index contributed by atoms with van der Waals surface area (Å²) in [5.41, 5.74) is 2.99. The average molecular weight is 393 g/mol. The molecule has 3 aromatic rings. The molecule has 0 radical (unpaired) electrons. The van der Waals surface area contributed by atoms with Crippen molar-refractivity contribution in [3.63, 3.8) is 0 Å². The lowest BCUT2D eigenvalue weighted by molar-refractivity contribution is -0.137. The van der Waals surface area contributed by atoms with E-state index in [1.807, 2.05) is 54.4 Å². The smallest absolute Gasteiger partial charge is 0.231 e. The maximum atomic E-state index is 13.3. The van der Waals surface area contributed by atoms with Gasteiger partial charge in [-0.05, 0) is 36.2 Å². The van der Waals surface area contributed by atoms with Gasteiger partial charge in [0.2, 0.25) is 12.7 Å². The summed E-state index contributed by atoms with van der Waals surface area (Å²) in [7, 11) is 1.99. The molecule has 1 atom stereocenters. The van der Waals surface area contributed by atoms with Gasteiger partial charge in [0.15, 0.2) is 11.5 Å². The van der Waals surface area contributed by atoms with E-state index in [1.165, 1.54) is 0 Å². The molecule has 2 aliphatic rings. The van der Waals surface area contributed by atoms with Gasteiger partial charge in [-0.1, -0.05) is 18.2 Å². The van der Waals surface area contributed by atoms with Crippen LogP contribution in [0.2, 0.25) is 0 Å². The molecule has 3 heterocycles. The van der Waals surface area contributed by atoms with Gasteiger partial charge in [0, 0.05) is 20.2 Å². The fourth-order valence-electron chi connectivity index (χ4n) is 3.97. The molecule has 1 aromatic heterocycles. The molecular formula is C22H23N3O4. The molecule has 0 N–H and O–H groups in total. The van der Waals surface area contributed by atoms with Crippen LogP contribution in [0.3, 0.4) is 0 Å². The highest BCUT2D eigenvalue weighted by Crippen LogP contribution is 2.33. The first kappa shape index (κ1) is 18.0. The molecule has 7 nitrogen and oxygen atoms in total. The Morgan fingerprint density at radius 2 is 2.03 bits per heavy atom. The molecule has 2 aliphatic heterocycles. The quantitative estimate of drug-likeness (QED) is 0.667. The minimum atomic E-state index is -0.0984. The second-order valence-corrected chi connectivity index (χ2v) is 7.52. The SMILES string of the molecule is Cn1c(CN(Cc2ccc3c(c2)OCO3)C(=O)[C@@H]2CCOC2)nc2ccccc21. The van der Waals surface area contributed by atoms with Gasteiger partial charge >= 0.3 is 0 Å². The van der Waals surface area contributed by atoms with Crippen molar-refractivity contribution in [2.24, 2.45) is 13.0 Å². The second-order valence-electron chi connectivity index (χ2n) is 7.52. The lowest BCUT2D eigenvalue weighted by Crippen LogP contribution is -2.36. The van der Waals surface area contributed by atoms with Crippen LogP contribution in [-0.4, -0.2) is 40.4 Å². The third-order valence-corrected chi connectivity index (χ3v) is 5.61. The lowest BCUT2D eigenvalue weighted by atomic mass is 10.1. The van der Waals surface area contributed by atoms with E-state index < -0.39 is 0 Å². The van der Waals surface area contributed by atoms with Crippen LogP contribution in [0, 0.1) is 5.92 Å². The number of hydrogen-bond acceptors (Lipinski definition) is 5. The average Bonchev–Trinajstić information content (AvgIpc) is 3.48. The molecule has 1 saturated heterocycles. The second kappa shape index (κ2) is 7.40. The van der Waals surface area contributed by atoms with Crippen molar-refractivity contribution in [2.75, 3.05) is 20.0 Å². The van der Waals surface area contributed by atoms with Crippen molar-refractivity contribution in [1.29, 1.82) is 0 Å². The minimum absolute atomic E-state index is 0.0984. The van der Waals surface area contributed by atoms with Crippen LogP contribution in [0.5, 0.6) is 11.5 Å². The number of carbonyl (C=O) groups is 1. The molecule has 0 bridgehead atoms. The van der Waals surface area contributed by atoms with Crippen molar-refractivity contribution >= 4 is 16.9 Å². The number of ether oxygens (including phenoxy) is 3. The number of fused-ring (bicyclic) bond motifs is 2. The zero-order chi connectivity index (χ0) is 19.8. The van der Waals surface area contributed by atoms with Gasteiger partial charge in [-0.3, -0.25) is 4.79 Å². The van der Waals surface area contributed by atoms with Gasteiger partial charge in [0.05, 0.1) is 30.1 Å². The first-order valence-corrected chi connectivity index (χ1v) is 9.84. The molecule has 0 aliphatic carbocycles. The topological polar surface area (TPSA) is 65.8 Å². The van der Waals surface area contributed by atoms with Crippen molar-refractivity contribution in [3.8, 4) is 11.5 Å². The molecule has 2 aromatic carbocycles.